The zero-order valence-electron chi connectivity index (χ0n) is 28.3. The minimum atomic E-state index is -4.68. The molecule has 0 amide bonds. The zero-order valence-corrected chi connectivity index (χ0v) is 29.1. The summed E-state index contributed by atoms with van der Waals surface area (Å²) in [5, 5.41) is 12.2. The van der Waals surface area contributed by atoms with Crippen LogP contribution in [0.5, 0.6) is 5.75 Å². The number of rotatable bonds is 10. The fourth-order valence-corrected chi connectivity index (χ4v) is 7.67. The van der Waals surface area contributed by atoms with Gasteiger partial charge in [-0.25, -0.2) is 0 Å². The largest absolute Gasteiger partial charge is 0.507 e. The van der Waals surface area contributed by atoms with E-state index in [0.29, 0.717) is 22.3 Å². The molecule has 49 heavy (non-hydrogen) atoms. The summed E-state index contributed by atoms with van der Waals surface area (Å²) in [6, 6.07) is 47.7. The molecule has 2 N–H and O–H groups in total. The molecule has 5 heteroatoms. The van der Waals surface area contributed by atoms with Gasteiger partial charge in [0.2, 0.25) is 0 Å². The first-order valence-corrected chi connectivity index (χ1v) is 18.2. The van der Waals surface area contributed by atoms with Crippen LogP contribution in [0.15, 0.2) is 150 Å². The first kappa shape index (κ1) is 33.9. The lowest BCUT2D eigenvalue weighted by molar-refractivity contribution is 0.455. The summed E-state index contributed by atoms with van der Waals surface area (Å²) < 4.78 is 37.0. The topological polar surface area (TPSA) is 74.6 Å². The fourth-order valence-electron chi connectivity index (χ4n) is 6.91. The van der Waals surface area contributed by atoms with Crippen molar-refractivity contribution in [1.29, 1.82) is 0 Å². The molecule has 0 fully saturated rings. The van der Waals surface area contributed by atoms with Crippen molar-refractivity contribution in [1.82, 2.24) is 0 Å². The van der Waals surface area contributed by atoms with Gasteiger partial charge in [-0.2, -0.15) is 8.42 Å². The van der Waals surface area contributed by atoms with E-state index in [9.17, 15) is 18.1 Å². The van der Waals surface area contributed by atoms with Gasteiger partial charge in [0.15, 0.2) is 0 Å². The van der Waals surface area contributed by atoms with Crippen molar-refractivity contribution in [2.75, 3.05) is 0 Å². The maximum atomic E-state index is 13.1. The van der Waals surface area contributed by atoms with E-state index in [1.54, 1.807) is 12.1 Å². The third-order valence-electron chi connectivity index (χ3n) is 10.0. The highest BCUT2D eigenvalue weighted by Crippen LogP contribution is 2.47. The molecule has 248 valence electrons. The van der Waals surface area contributed by atoms with Crippen molar-refractivity contribution in [2.45, 2.75) is 56.3 Å². The standard InChI is InChI=1S/C44H42O4S/c1-29(33-14-8-5-9-15-33)35-20-24-37(25-21-35)31(3)40-28-41(49(46,47)48)43(39-18-12-7-13-19-39)42(44(40)45)32(4)38-26-22-36(23-27-38)30(2)34-16-10-6-11-17-34/h5-32,45H,1-4H3,(H,46,47,48). The maximum absolute atomic E-state index is 13.1. The third-order valence-corrected chi connectivity index (χ3v) is 10.9. The van der Waals surface area contributed by atoms with Gasteiger partial charge >= 0.3 is 0 Å². The Bertz CT molecular complexity index is 2130. The summed E-state index contributed by atoms with van der Waals surface area (Å²) in [5.41, 5.74) is 8.38. The predicted molar refractivity (Wildman–Crippen MR) is 199 cm³/mol. The number of hydrogen-bond donors (Lipinski definition) is 2. The van der Waals surface area contributed by atoms with Gasteiger partial charge in [-0.3, -0.25) is 4.55 Å². The molecule has 0 aliphatic rings. The van der Waals surface area contributed by atoms with E-state index in [0.717, 1.165) is 22.3 Å². The van der Waals surface area contributed by atoms with Crippen LogP contribution in [0.1, 0.15) is 95.9 Å². The molecule has 0 heterocycles. The Morgan fingerprint density at radius 3 is 1.22 bits per heavy atom. The summed E-state index contributed by atoms with van der Waals surface area (Å²) >= 11 is 0. The second kappa shape index (κ2) is 14.3. The number of aromatic hydroxyl groups is 1. The number of phenolic OH excluding ortho intramolecular Hbond substituents is 1. The summed E-state index contributed by atoms with van der Waals surface area (Å²) in [6.45, 7) is 8.27. The minimum absolute atomic E-state index is 0.0229. The van der Waals surface area contributed by atoms with Crippen LogP contribution < -0.4 is 0 Å². The number of phenols is 1. The van der Waals surface area contributed by atoms with Gasteiger partial charge in [0.1, 0.15) is 10.6 Å². The molecule has 6 aromatic carbocycles. The number of hydrogen-bond acceptors (Lipinski definition) is 3. The monoisotopic (exact) mass is 666 g/mol. The van der Waals surface area contributed by atoms with Crippen LogP contribution in [0, 0.1) is 0 Å². The van der Waals surface area contributed by atoms with Gasteiger partial charge in [0, 0.05) is 40.4 Å². The molecule has 0 spiro atoms. The maximum Gasteiger partial charge on any atom is 0.295 e. The van der Waals surface area contributed by atoms with E-state index in [1.807, 2.05) is 92.7 Å². The van der Waals surface area contributed by atoms with E-state index in [4.69, 9.17) is 0 Å². The second-order valence-electron chi connectivity index (χ2n) is 13.0. The first-order chi connectivity index (χ1) is 23.5. The normalized spacial score (nSPS) is 14.1. The summed E-state index contributed by atoms with van der Waals surface area (Å²) in [4.78, 5) is -0.219. The molecule has 4 atom stereocenters. The molecular weight excluding hydrogens is 625 g/mol. The SMILES string of the molecule is CC(c1ccccc1)c1ccc(C(C)c2cc(S(=O)(=O)O)c(-c3ccccc3)c(C(C)c3ccc(C(C)c4ccccc4)cc3)c2O)cc1. The summed E-state index contributed by atoms with van der Waals surface area (Å²) in [5.74, 6) is -0.361. The van der Waals surface area contributed by atoms with Crippen LogP contribution in [-0.4, -0.2) is 18.1 Å². The molecule has 0 aromatic heterocycles. The van der Waals surface area contributed by atoms with Crippen LogP contribution >= 0.6 is 0 Å². The Balaban J connectivity index is 1.45. The van der Waals surface area contributed by atoms with E-state index in [2.05, 4.69) is 62.4 Å². The number of benzene rings is 6. The van der Waals surface area contributed by atoms with Gasteiger partial charge in [0.05, 0.1) is 0 Å². The van der Waals surface area contributed by atoms with Crippen molar-refractivity contribution in [2.24, 2.45) is 0 Å². The molecule has 4 unspecified atom stereocenters. The van der Waals surface area contributed by atoms with Gasteiger partial charge in [0.25, 0.3) is 10.1 Å². The van der Waals surface area contributed by atoms with Gasteiger partial charge < -0.3 is 5.11 Å². The average molecular weight is 667 g/mol. The van der Waals surface area contributed by atoms with E-state index in [-0.39, 0.29) is 28.4 Å². The molecule has 0 saturated heterocycles. The smallest absolute Gasteiger partial charge is 0.295 e. The highest BCUT2D eigenvalue weighted by molar-refractivity contribution is 7.86. The Morgan fingerprint density at radius 1 is 0.469 bits per heavy atom. The van der Waals surface area contributed by atoms with Gasteiger partial charge in [-0.1, -0.05) is 167 Å². The van der Waals surface area contributed by atoms with E-state index in [1.165, 1.54) is 17.2 Å². The highest BCUT2D eigenvalue weighted by Gasteiger charge is 2.30. The molecule has 0 bridgehead atoms. The minimum Gasteiger partial charge on any atom is -0.507 e. The lowest BCUT2D eigenvalue weighted by Gasteiger charge is -2.26. The second-order valence-corrected chi connectivity index (χ2v) is 14.4. The van der Waals surface area contributed by atoms with E-state index >= 15 is 0 Å². The molecule has 6 rings (SSSR count). The van der Waals surface area contributed by atoms with Crippen LogP contribution in [0.25, 0.3) is 11.1 Å². The van der Waals surface area contributed by atoms with Gasteiger partial charge in [-0.15, -0.1) is 0 Å². The van der Waals surface area contributed by atoms with Crippen molar-refractivity contribution >= 4 is 10.1 Å². The fraction of sp³-hybridized carbons (Fsp3) is 0.182. The third kappa shape index (κ3) is 7.10. The zero-order chi connectivity index (χ0) is 34.7. The van der Waals surface area contributed by atoms with Crippen LogP contribution in [-0.2, 0) is 10.1 Å². The first-order valence-electron chi connectivity index (χ1n) is 16.8. The molecular formula is C44H42O4S. The highest BCUT2D eigenvalue weighted by atomic mass is 32.2. The van der Waals surface area contributed by atoms with Crippen molar-refractivity contribution in [3.05, 3.63) is 190 Å². The van der Waals surface area contributed by atoms with Crippen molar-refractivity contribution in [3.8, 4) is 16.9 Å². The van der Waals surface area contributed by atoms with E-state index < -0.39 is 16.0 Å². The Morgan fingerprint density at radius 2 is 0.816 bits per heavy atom. The predicted octanol–water partition coefficient (Wildman–Crippen LogP) is 10.9. The van der Waals surface area contributed by atoms with Crippen LogP contribution in [0.2, 0.25) is 0 Å². The lowest BCUT2D eigenvalue weighted by Crippen LogP contribution is -2.11. The van der Waals surface area contributed by atoms with Crippen molar-refractivity contribution in [3.63, 3.8) is 0 Å². The Labute approximate surface area is 290 Å². The molecule has 4 nitrogen and oxygen atoms in total. The molecule has 0 saturated carbocycles. The molecule has 6 aromatic rings. The molecule has 0 aliphatic heterocycles. The summed E-state index contributed by atoms with van der Waals surface area (Å²) in [6.07, 6.45) is 0. The lowest BCUT2D eigenvalue weighted by atomic mass is 9.81. The average Bonchev–Trinajstić information content (AvgIpc) is 3.14. The van der Waals surface area contributed by atoms with Crippen LogP contribution in [0.4, 0.5) is 0 Å². The van der Waals surface area contributed by atoms with Gasteiger partial charge in [-0.05, 0) is 45.0 Å². The quantitative estimate of drug-likeness (QED) is 0.143. The molecule has 0 aliphatic carbocycles. The Kier molecular flexibility index (Phi) is 9.86. The Hall–Kier alpha value is -4.97. The molecule has 0 radical (unpaired) electrons. The van der Waals surface area contributed by atoms with Crippen LogP contribution in [0.3, 0.4) is 0 Å². The van der Waals surface area contributed by atoms with Crippen molar-refractivity contribution < 1.29 is 18.1 Å². The summed E-state index contributed by atoms with van der Waals surface area (Å²) in [7, 11) is -4.68.